The standard InChI is InChI=1S/C19H22N4O3/c1-2-6-18(24)21-12-17-22-15-8-3-4-9-16(15)23(17)13-19(25)20-11-14-7-5-10-26-14/h3-5,7-10H,2,6,11-13H2,1H3,(H,20,25)(H,21,24). The van der Waals surface area contributed by atoms with Gasteiger partial charge in [-0.1, -0.05) is 19.1 Å². The molecule has 2 heterocycles. The first-order chi connectivity index (χ1) is 12.7. The van der Waals surface area contributed by atoms with Crippen LogP contribution in [-0.2, 0) is 29.2 Å². The monoisotopic (exact) mass is 354 g/mol. The van der Waals surface area contributed by atoms with Gasteiger partial charge in [-0.2, -0.15) is 0 Å². The van der Waals surface area contributed by atoms with E-state index in [-0.39, 0.29) is 18.4 Å². The van der Waals surface area contributed by atoms with E-state index in [1.165, 1.54) is 0 Å². The molecule has 2 amide bonds. The highest BCUT2D eigenvalue weighted by Gasteiger charge is 2.14. The molecule has 26 heavy (non-hydrogen) atoms. The first-order valence-corrected chi connectivity index (χ1v) is 8.67. The lowest BCUT2D eigenvalue weighted by Gasteiger charge is -2.10. The molecular formula is C19H22N4O3. The van der Waals surface area contributed by atoms with Crippen molar-refractivity contribution in [1.82, 2.24) is 20.2 Å². The molecule has 0 atom stereocenters. The van der Waals surface area contributed by atoms with E-state index in [9.17, 15) is 9.59 Å². The first-order valence-electron chi connectivity index (χ1n) is 8.67. The van der Waals surface area contributed by atoms with Crippen LogP contribution in [0.25, 0.3) is 11.0 Å². The summed E-state index contributed by atoms with van der Waals surface area (Å²) >= 11 is 0. The van der Waals surface area contributed by atoms with E-state index in [2.05, 4.69) is 15.6 Å². The van der Waals surface area contributed by atoms with Crippen molar-refractivity contribution in [2.75, 3.05) is 0 Å². The lowest BCUT2D eigenvalue weighted by Crippen LogP contribution is -2.29. The van der Waals surface area contributed by atoms with Crippen molar-refractivity contribution in [3.05, 3.63) is 54.2 Å². The molecule has 0 saturated carbocycles. The van der Waals surface area contributed by atoms with Gasteiger partial charge in [0.1, 0.15) is 18.1 Å². The topological polar surface area (TPSA) is 89.2 Å². The van der Waals surface area contributed by atoms with Gasteiger partial charge in [-0.05, 0) is 30.7 Å². The summed E-state index contributed by atoms with van der Waals surface area (Å²) in [5.74, 6) is 1.18. The van der Waals surface area contributed by atoms with Gasteiger partial charge in [-0.25, -0.2) is 4.98 Å². The number of nitrogens with zero attached hydrogens (tertiary/aromatic N) is 2. The highest BCUT2D eigenvalue weighted by Crippen LogP contribution is 2.16. The molecule has 3 aromatic rings. The predicted molar refractivity (Wildman–Crippen MR) is 97.0 cm³/mol. The van der Waals surface area contributed by atoms with E-state index in [4.69, 9.17) is 4.42 Å². The Morgan fingerprint density at radius 1 is 1.08 bits per heavy atom. The van der Waals surface area contributed by atoms with Crippen LogP contribution >= 0.6 is 0 Å². The summed E-state index contributed by atoms with van der Waals surface area (Å²) in [7, 11) is 0. The van der Waals surface area contributed by atoms with Crippen molar-refractivity contribution in [3.63, 3.8) is 0 Å². The SMILES string of the molecule is CCCC(=O)NCc1nc2ccccc2n1CC(=O)NCc1ccco1. The zero-order chi connectivity index (χ0) is 18.4. The highest BCUT2D eigenvalue weighted by atomic mass is 16.3. The van der Waals surface area contributed by atoms with Crippen molar-refractivity contribution >= 4 is 22.8 Å². The number of benzene rings is 1. The summed E-state index contributed by atoms with van der Waals surface area (Å²) in [4.78, 5) is 28.7. The molecule has 136 valence electrons. The maximum Gasteiger partial charge on any atom is 0.240 e. The number of furan rings is 1. The third-order valence-electron chi connectivity index (χ3n) is 4.00. The molecule has 0 spiro atoms. The second-order valence-electron chi connectivity index (χ2n) is 5.99. The first kappa shape index (κ1) is 17.7. The Morgan fingerprint density at radius 3 is 2.65 bits per heavy atom. The Balaban J connectivity index is 1.73. The van der Waals surface area contributed by atoms with Crippen LogP contribution in [0.15, 0.2) is 47.1 Å². The summed E-state index contributed by atoms with van der Waals surface area (Å²) in [5.41, 5.74) is 1.66. The van der Waals surface area contributed by atoms with Crippen LogP contribution in [0.2, 0.25) is 0 Å². The van der Waals surface area contributed by atoms with Gasteiger partial charge in [0.2, 0.25) is 11.8 Å². The number of fused-ring (bicyclic) bond motifs is 1. The molecule has 0 saturated heterocycles. The molecule has 0 aliphatic rings. The number of hydrogen-bond acceptors (Lipinski definition) is 4. The molecule has 7 nitrogen and oxygen atoms in total. The quantitative estimate of drug-likeness (QED) is 0.650. The Bertz CT molecular complexity index is 883. The van der Waals surface area contributed by atoms with Crippen LogP contribution in [0.3, 0.4) is 0 Å². The summed E-state index contributed by atoms with van der Waals surface area (Å²) < 4.78 is 7.05. The molecule has 0 fully saturated rings. The molecule has 0 aliphatic heterocycles. The Hall–Kier alpha value is -3.09. The van der Waals surface area contributed by atoms with Gasteiger partial charge in [-0.3, -0.25) is 9.59 Å². The normalized spacial score (nSPS) is 10.8. The number of amides is 2. The largest absolute Gasteiger partial charge is 0.467 e. The van der Waals surface area contributed by atoms with Gasteiger partial charge in [0.15, 0.2) is 0 Å². The van der Waals surface area contributed by atoms with E-state index < -0.39 is 0 Å². The van der Waals surface area contributed by atoms with Crippen molar-refractivity contribution in [1.29, 1.82) is 0 Å². The zero-order valence-electron chi connectivity index (χ0n) is 14.7. The minimum atomic E-state index is -0.148. The second kappa shape index (κ2) is 8.33. The van der Waals surface area contributed by atoms with Crippen molar-refractivity contribution in [3.8, 4) is 0 Å². The van der Waals surface area contributed by atoms with Gasteiger partial charge in [0.05, 0.1) is 30.4 Å². The molecule has 2 aromatic heterocycles. The van der Waals surface area contributed by atoms with Gasteiger partial charge < -0.3 is 19.6 Å². The van der Waals surface area contributed by atoms with Crippen LogP contribution in [0, 0.1) is 0 Å². The molecule has 0 bridgehead atoms. The lowest BCUT2D eigenvalue weighted by molar-refractivity contribution is -0.122. The van der Waals surface area contributed by atoms with Crippen LogP contribution in [0.1, 0.15) is 31.4 Å². The maximum atomic E-state index is 12.4. The van der Waals surface area contributed by atoms with E-state index in [1.807, 2.05) is 41.8 Å². The number of carbonyl (C=O) groups is 2. The Kier molecular flexibility index (Phi) is 5.68. The number of nitrogens with one attached hydrogen (secondary N) is 2. The maximum absolute atomic E-state index is 12.4. The number of aromatic nitrogens is 2. The molecule has 2 N–H and O–H groups in total. The van der Waals surface area contributed by atoms with Crippen LogP contribution < -0.4 is 10.6 Å². The molecule has 0 radical (unpaired) electrons. The fourth-order valence-electron chi connectivity index (χ4n) is 2.73. The fraction of sp³-hybridized carbons (Fsp3) is 0.316. The van der Waals surface area contributed by atoms with Crippen LogP contribution in [-0.4, -0.2) is 21.4 Å². The van der Waals surface area contributed by atoms with Gasteiger partial charge in [0, 0.05) is 6.42 Å². The predicted octanol–water partition coefficient (Wildman–Crippen LogP) is 2.36. The zero-order valence-corrected chi connectivity index (χ0v) is 14.7. The van der Waals surface area contributed by atoms with Gasteiger partial charge >= 0.3 is 0 Å². The smallest absolute Gasteiger partial charge is 0.240 e. The number of rotatable bonds is 8. The van der Waals surface area contributed by atoms with Crippen LogP contribution in [0.5, 0.6) is 0 Å². The summed E-state index contributed by atoms with van der Waals surface area (Å²) in [6.07, 6.45) is 2.84. The highest BCUT2D eigenvalue weighted by molar-refractivity contribution is 5.81. The van der Waals surface area contributed by atoms with Crippen molar-refractivity contribution in [2.24, 2.45) is 0 Å². The average Bonchev–Trinajstić information content (AvgIpc) is 3.27. The minimum absolute atomic E-state index is 0.0200. The van der Waals surface area contributed by atoms with Gasteiger partial charge in [-0.15, -0.1) is 0 Å². The molecule has 1 aromatic carbocycles. The fourth-order valence-corrected chi connectivity index (χ4v) is 2.73. The lowest BCUT2D eigenvalue weighted by atomic mass is 10.3. The van der Waals surface area contributed by atoms with E-state index in [0.717, 1.165) is 17.5 Å². The Morgan fingerprint density at radius 2 is 1.88 bits per heavy atom. The molecule has 3 rings (SSSR count). The molecule has 0 aliphatic carbocycles. The van der Waals surface area contributed by atoms with Gasteiger partial charge in [0.25, 0.3) is 0 Å². The van der Waals surface area contributed by atoms with E-state index >= 15 is 0 Å². The third kappa shape index (κ3) is 4.30. The average molecular weight is 354 g/mol. The number of imidazole rings is 1. The number of para-hydroxylation sites is 2. The van der Waals surface area contributed by atoms with Crippen LogP contribution in [0.4, 0.5) is 0 Å². The number of hydrogen-bond donors (Lipinski definition) is 2. The summed E-state index contributed by atoms with van der Waals surface area (Å²) in [6, 6.07) is 11.2. The minimum Gasteiger partial charge on any atom is -0.467 e. The van der Waals surface area contributed by atoms with E-state index in [0.29, 0.717) is 31.1 Å². The Labute approximate surface area is 151 Å². The third-order valence-corrected chi connectivity index (χ3v) is 4.00. The summed E-state index contributed by atoms with van der Waals surface area (Å²) in [6.45, 7) is 2.71. The molecule has 7 heteroatoms. The summed E-state index contributed by atoms with van der Waals surface area (Å²) in [5, 5.41) is 5.69. The van der Waals surface area contributed by atoms with Crippen molar-refractivity contribution in [2.45, 2.75) is 39.4 Å². The second-order valence-corrected chi connectivity index (χ2v) is 5.99. The van der Waals surface area contributed by atoms with Crippen molar-refractivity contribution < 1.29 is 14.0 Å². The molecular weight excluding hydrogens is 332 g/mol. The number of carbonyl (C=O) groups excluding carboxylic acids is 2. The molecule has 0 unspecified atom stereocenters. The van der Waals surface area contributed by atoms with E-state index in [1.54, 1.807) is 12.3 Å².